The summed E-state index contributed by atoms with van der Waals surface area (Å²) in [5.74, 6) is 0.606. The molecule has 0 bridgehead atoms. The first-order valence-electron chi connectivity index (χ1n) is 6.12. The Morgan fingerprint density at radius 1 is 1.25 bits per heavy atom. The van der Waals surface area contributed by atoms with Crippen LogP contribution in [0.15, 0.2) is 40.9 Å². The topological polar surface area (TPSA) is 35.2 Å². The number of halogens is 3. The van der Waals surface area contributed by atoms with E-state index in [1.807, 2.05) is 13.0 Å². The van der Waals surface area contributed by atoms with Gasteiger partial charge in [0, 0.05) is 17.1 Å². The number of ether oxygens (including phenoxy) is 1. The van der Waals surface area contributed by atoms with Gasteiger partial charge in [-0.1, -0.05) is 17.7 Å². The predicted octanol–water partition coefficient (Wildman–Crippen LogP) is 4.92. The minimum atomic E-state index is -0.373. The van der Waals surface area contributed by atoms with Gasteiger partial charge in [-0.05, 0) is 59.1 Å². The van der Waals surface area contributed by atoms with Crippen LogP contribution in [0.4, 0.5) is 4.39 Å². The third-order valence-electron chi connectivity index (χ3n) is 2.69. The molecule has 2 aromatic carbocycles. The molecule has 0 aliphatic rings. The number of hydrogen-bond acceptors (Lipinski definition) is 2. The molecule has 0 spiro atoms. The summed E-state index contributed by atoms with van der Waals surface area (Å²) in [5.41, 5.74) is 6.72. The Balaban J connectivity index is 2.17. The van der Waals surface area contributed by atoms with Crippen LogP contribution in [0.1, 0.15) is 12.5 Å². The normalized spacial score (nSPS) is 12.2. The van der Waals surface area contributed by atoms with E-state index in [-0.39, 0.29) is 11.9 Å². The lowest BCUT2D eigenvalue weighted by atomic mass is 10.1. The monoisotopic (exact) mass is 357 g/mol. The van der Waals surface area contributed by atoms with Crippen LogP contribution in [0, 0.1) is 5.82 Å². The Hall–Kier alpha value is -1.10. The molecule has 0 fully saturated rings. The molecule has 0 aliphatic heterocycles. The molecule has 5 heteroatoms. The number of hydrogen-bond donors (Lipinski definition) is 1. The van der Waals surface area contributed by atoms with Crippen molar-refractivity contribution in [3.8, 4) is 11.5 Å². The molecule has 2 N–H and O–H groups in total. The maximum atomic E-state index is 13.4. The van der Waals surface area contributed by atoms with Crippen LogP contribution >= 0.6 is 27.5 Å². The summed E-state index contributed by atoms with van der Waals surface area (Å²) in [6, 6.07) is 10.0. The second-order valence-electron chi connectivity index (χ2n) is 4.61. The van der Waals surface area contributed by atoms with E-state index in [4.69, 9.17) is 22.1 Å². The highest BCUT2D eigenvalue weighted by Crippen LogP contribution is 2.29. The van der Waals surface area contributed by atoms with Crippen molar-refractivity contribution < 1.29 is 9.13 Å². The van der Waals surface area contributed by atoms with Crippen molar-refractivity contribution in [2.24, 2.45) is 5.73 Å². The van der Waals surface area contributed by atoms with E-state index in [9.17, 15) is 4.39 Å². The van der Waals surface area contributed by atoms with Gasteiger partial charge in [0.2, 0.25) is 0 Å². The molecule has 0 saturated carbocycles. The lowest BCUT2D eigenvalue weighted by molar-refractivity contribution is 0.476. The van der Waals surface area contributed by atoms with Gasteiger partial charge >= 0.3 is 0 Å². The highest BCUT2D eigenvalue weighted by Gasteiger charge is 2.07. The van der Waals surface area contributed by atoms with Crippen LogP contribution in [-0.4, -0.2) is 6.04 Å². The van der Waals surface area contributed by atoms with E-state index < -0.39 is 0 Å². The Morgan fingerprint density at radius 3 is 2.50 bits per heavy atom. The van der Waals surface area contributed by atoms with Crippen LogP contribution in [0.3, 0.4) is 0 Å². The molecule has 1 atom stereocenters. The quantitative estimate of drug-likeness (QED) is 0.841. The fourth-order valence-electron chi connectivity index (χ4n) is 1.78. The van der Waals surface area contributed by atoms with Crippen molar-refractivity contribution in [3.05, 3.63) is 57.3 Å². The average molecular weight is 359 g/mol. The summed E-state index contributed by atoms with van der Waals surface area (Å²) in [6.07, 6.45) is 0.700. The van der Waals surface area contributed by atoms with Gasteiger partial charge in [0.15, 0.2) is 0 Å². The van der Waals surface area contributed by atoms with E-state index in [0.29, 0.717) is 27.4 Å². The summed E-state index contributed by atoms with van der Waals surface area (Å²) in [6.45, 7) is 1.92. The molecule has 0 radical (unpaired) electrons. The Morgan fingerprint density at radius 2 is 1.90 bits per heavy atom. The molecular weight excluding hydrogens is 345 g/mol. The predicted molar refractivity (Wildman–Crippen MR) is 83.0 cm³/mol. The molecule has 0 aromatic heterocycles. The van der Waals surface area contributed by atoms with Crippen molar-refractivity contribution in [1.29, 1.82) is 0 Å². The highest BCUT2D eigenvalue weighted by atomic mass is 79.9. The van der Waals surface area contributed by atoms with Gasteiger partial charge in [-0.15, -0.1) is 0 Å². The maximum absolute atomic E-state index is 13.4. The van der Waals surface area contributed by atoms with Crippen LogP contribution < -0.4 is 10.5 Å². The van der Waals surface area contributed by atoms with Crippen molar-refractivity contribution in [2.45, 2.75) is 19.4 Å². The van der Waals surface area contributed by atoms with Crippen LogP contribution in [0.5, 0.6) is 11.5 Å². The van der Waals surface area contributed by atoms with Crippen LogP contribution in [0.25, 0.3) is 0 Å². The van der Waals surface area contributed by atoms with Gasteiger partial charge < -0.3 is 10.5 Å². The second-order valence-corrected chi connectivity index (χ2v) is 5.87. The zero-order chi connectivity index (χ0) is 14.7. The molecule has 1 unspecified atom stereocenters. The fourth-order valence-corrected chi connectivity index (χ4v) is 2.27. The minimum absolute atomic E-state index is 0.0415. The van der Waals surface area contributed by atoms with Gasteiger partial charge in [-0.2, -0.15) is 0 Å². The molecule has 0 amide bonds. The summed E-state index contributed by atoms with van der Waals surface area (Å²) in [4.78, 5) is 0. The molecule has 0 aliphatic carbocycles. The van der Waals surface area contributed by atoms with Crippen molar-refractivity contribution in [3.63, 3.8) is 0 Å². The minimum Gasteiger partial charge on any atom is -0.457 e. The standard InChI is InChI=1S/C15H14BrClFNO/c1-9(19)6-10-2-3-11(7-14(10)17)20-12-4-5-13(16)15(18)8-12/h2-5,7-9H,6,19H2,1H3. The molecule has 20 heavy (non-hydrogen) atoms. The van der Waals surface area contributed by atoms with Crippen LogP contribution in [-0.2, 0) is 6.42 Å². The molecular formula is C15H14BrClFNO. The zero-order valence-electron chi connectivity index (χ0n) is 10.9. The van der Waals surface area contributed by atoms with Gasteiger partial charge in [0.25, 0.3) is 0 Å². The molecule has 0 heterocycles. The van der Waals surface area contributed by atoms with Crippen molar-refractivity contribution in [2.75, 3.05) is 0 Å². The third kappa shape index (κ3) is 3.95. The van der Waals surface area contributed by atoms with E-state index >= 15 is 0 Å². The average Bonchev–Trinajstić information content (AvgIpc) is 2.37. The molecule has 2 aromatic rings. The van der Waals surface area contributed by atoms with Gasteiger partial charge in [0.1, 0.15) is 17.3 Å². The number of rotatable bonds is 4. The summed E-state index contributed by atoms with van der Waals surface area (Å²) in [7, 11) is 0. The first-order chi connectivity index (χ1) is 9.45. The summed E-state index contributed by atoms with van der Waals surface area (Å²) in [5, 5.41) is 0.595. The number of benzene rings is 2. The first-order valence-corrected chi connectivity index (χ1v) is 7.29. The van der Waals surface area contributed by atoms with Crippen LogP contribution in [0.2, 0.25) is 5.02 Å². The Bertz CT molecular complexity index is 619. The van der Waals surface area contributed by atoms with E-state index in [2.05, 4.69) is 15.9 Å². The Labute approximate surface area is 130 Å². The lowest BCUT2D eigenvalue weighted by Crippen LogP contribution is -2.17. The van der Waals surface area contributed by atoms with Gasteiger partial charge in [0.05, 0.1) is 4.47 Å². The highest BCUT2D eigenvalue weighted by molar-refractivity contribution is 9.10. The second kappa shape index (κ2) is 6.57. The number of nitrogens with two attached hydrogens (primary N) is 1. The van der Waals surface area contributed by atoms with E-state index in [1.165, 1.54) is 6.07 Å². The molecule has 106 valence electrons. The first kappa shape index (κ1) is 15.3. The SMILES string of the molecule is CC(N)Cc1ccc(Oc2ccc(Br)c(F)c2)cc1Cl. The molecule has 0 saturated heterocycles. The van der Waals surface area contributed by atoms with E-state index in [0.717, 1.165) is 5.56 Å². The van der Waals surface area contributed by atoms with Crippen molar-refractivity contribution >= 4 is 27.5 Å². The third-order valence-corrected chi connectivity index (χ3v) is 3.69. The zero-order valence-corrected chi connectivity index (χ0v) is 13.2. The molecule has 2 rings (SSSR count). The van der Waals surface area contributed by atoms with Gasteiger partial charge in [-0.25, -0.2) is 4.39 Å². The molecule has 2 nitrogen and oxygen atoms in total. The van der Waals surface area contributed by atoms with E-state index in [1.54, 1.807) is 24.3 Å². The summed E-state index contributed by atoms with van der Waals surface area (Å²) < 4.78 is 19.4. The smallest absolute Gasteiger partial charge is 0.141 e. The van der Waals surface area contributed by atoms with Gasteiger partial charge in [-0.3, -0.25) is 0 Å². The van der Waals surface area contributed by atoms with Crippen molar-refractivity contribution in [1.82, 2.24) is 0 Å². The lowest BCUT2D eigenvalue weighted by Gasteiger charge is -2.10. The summed E-state index contributed by atoms with van der Waals surface area (Å²) >= 11 is 9.27. The largest absolute Gasteiger partial charge is 0.457 e. The maximum Gasteiger partial charge on any atom is 0.141 e. The Kier molecular flexibility index (Phi) is 5.02. The fraction of sp³-hybridized carbons (Fsp3) is 0.200.